The summed E-state index contributed by atoms with van der Waals surface area (Å²) in [5, 5.41) is 0.0685. The first-order chi connectivity index (χ1) is 10.2. The van der Waals surface area contributed by atoms with Crippen molar-refractivity contribution < 1.29 is 14.3 Å². The van der Waals surface area contributed by atoms with Gasteiger partial charge in [-0.15, -0.1) is 11.8 Å². The summed E-state index contributed by atoms with van der Waals surface area (Å²) in [6.07, 6.45) is 3.28. The molecule has 1 atom stereocenters. The molecular formula is C16H21NO3S. The number of hydrogen-bond donors (Lipinski definition) is 0. The van der Waals surface area contributed by atoms with E-state index in [1.54, 1.807) is 14.2 Å². The van der Waals surface area contributed by atoms with Crippen LogP contribution in [0.2, 0.25) is 0 Å². The van der Waals surface area contributed by atoms with Crippen LogP contribution >= 0.6 is 11.8 Å². The largest absolute Gasteiger partial charge is 0.497 e. The van der Waals surface area contributed by atoms with Gasteiger partial charge in [-0.2, -0.15) is 0 Å². The second kappa shape index (κ2) is 6.18. The number of hydrogen-bond acceptors (Lipinski definition) is 4. The first-order valence-electron chi connectivity index (χ1n) is 7.38. The van der Waals surface area contributed by atoms with Crippen molar-refractivity contribution in [3.05, 3.63) is 23.8 Å². The molecule has 5 heteroatoms. The van der Waals surface area contributed by atoms with Crippen molar-refractivity contribution in [2.45, 2.75) is 24.6 Å². The van der Waals surface area contributed by atoms with Gasteiger partial charge in [-0.3, -0.25) is 4.79 Å². The minimum absolute atomic E-state index is 0.0685. The molecule has 4 nitrogen and oxygen atoms in total. The lowest BCUT2D eigenvalue weighted by Crippen LogP contribution is -2.38. The maximum absolute atomic E-state index is 12.6. The molecule has 0 spiro atoms. The fourth-order valence-electron chi connectivity index (χ4n) is 2.87. The Morgan fingerprint density at radius 2 is 2.10 bits per heavy atom. The molecule has 2 fully saturated rings. The van der Waals surface area contributed by atoms with E-state index in [0.29, 0.717) is 5.91 Å². The molecule has 0 unspecified atom stereocenters. The predicted molar refractivity (Wildman–Crippen MR) is 83.8 cm³/mol. The second-order valence-corrected chi connectivity index (χ2v) is 6.68. The number of nitrogens with zero attached hydrogens (tertiary/aromatic N) is 1. The molecule has 21 heavy (non-hydrogen) atoms. The Labute approximate surface area is 129 Å². The average Bonchev–Trinajstić information content (AvgIpc) is 2.93. The first-order valence-corrected chi connectivity index (χ1v) is 8.43. The van der Waals surface area contributed by atoms with Crippen LogP contribution in [0.5, 0.6) is 11.5 Å². The highest BCUT2D eigenvalue weighted by molar-refractivity contribution is 7.99. The van der Waals surface area contributed by atoms with Gasteiger partial charge < -0.3 is 14.4 Å². The van der Waals surface area contributed by atoms with Gasteiger partial charge in [0, 0.05) is 29.8 Å². The molecule has 1 aromatic rings. The number of thioether (sulfide) groups is 1. The first kappa shape index (κ1) is 14.6. The fourth-order valence-corrected chi connectivity index (χ4v) is 4.15. The summed E-state index contributed by atoms with van der Waals surface area (Å²) >= 11 is 1.81. The van der Waals surface area contributed by atoms with Crippen molar-refractivity contribution in [3.8, 4) is 11.5 Å². The van der Waals surface area contributed by atoms with Gasteiger partial charge in [0.2, 0.25) is 5.91 Å². The van der Waals surface area contributed by atoms with Crippen molar-refractivity contribution >= 4 is 17.7 Å². The highest BCUT2D eigenvalue weighted by Gasteiger charge is 2.37. The molecule has 2 aliphatic rings. The van der Waals surface area contributed by atoms with Crippen LogP contribution < -0.4 is 9.47 Å². The molecule has 0 bridgehead atoms. The smallest absolute Gasteiger partial charge is 0.226 e. The van der Waals surface area contributed by atoms with Gasteiger partial charge in [0.25, 0.3) is 0 Å². The molecule has 1 aliphatic heterocycles. The predicted octanol–water partition coefficient (Wildman–Crippen LogP) is 3.08. The maximum Gasteiger partial charge on any atom is 0.226 e. The zero-order chi connectivity index (χ0) is 14.8. The highest BCUT2D eigenvalue weighted by Crippen LogP contribution is 2.44. The van der Waals surface area contributed by atoms with Crippen molar-refractivity contribution in [3.63, 3.8) is 0 Å². The Morgan fingerprint density at radius 1 is 1.29 bits per heavy atom. The number of amides is 1. The lowest BCUT2D eigenvalue weighted by atomic mass is 9.84. The summed E-state index contributed by atoms with van der Waals surface area (Å²) in [7, 11) is 3.31. The standard InChI is InChI=1S/C16H21NO3S/c1-19-12-6-7-13(14(10-12)20-2)16-17(8-9-21-16)15(18)11-4-3-5-11/h6-7,10-11,16H,3-5,8-9H2,1-2H3/t16-/m0/s1. The van der Waals surface area contributed by atoms with E-state index in [-0.39, 0.29) is 11.3 Å². The Morgan fingerprint density at radius 3 is 2.71 bits per heavy atom. The van der Waals surface area contributed by atoms with E-state index in [0.717, 1.165) is 42.2 Å². The van der Waals surface area contributed by atoms with E-state index < -0.39 is 0 Å². The van der Waals surface area contributed by atoms with Crippen LogP contribution in [0.15, 0.2) is 18.2 Å². The average molecular weight is 307 g/mol. The molecule has 0 radical (unpaired) electrons. The summed E-state index contributed by atoms with van der Waals surface area (Å²) in [5.41, 5.74) is 1.06. The summed E-state index contributed by atoms with van der Waals surface area (Å²) in [6, 6.07) is 5.84. The van der Waals surface area contributed by atoms with E-state index in [1.807, 2.05) is 34.9 Å². The van der Waals surface area contributed by atoms with Gasteiger partial charge in [0.1, 0.15) is 16.9 Å². The summed E-state index contributed by atoms with van der Waals surface area (Å²) in [4.78, 5) is 14.6. The number of carbonyl (C=O) groups excluding carboxylic acids is 1. The van der Waals surface area contributed by atoms with E-state index >= 15 is 0 Å². The number of methoxy groups -OCH3 is 2. The van der Waals surface area contributed by atoms with Crippen molar-refractivity contribution in [1.29, 1.82) is 0 Å². The monoisotopic (exact) mass is 307 g/mol. The zero-order valence-corrected chi connectivity index (χ0v) is 13.3. The van der Waals surface area contributed by atoms with E-state index in [9.17, 15) is 4.79 Å². The SMILES string of the molecule is COc1ccc([C@@H]2SCCN2C(=O)C2CCC2)c(OC)c1. The van der Waals surface area contributed by atoms with Gasteiger partial charge in [0.15, 0.2) is 0 Å². The van der Waals surface area contributed by atoms with Crippen LogP contribution in [-0.2, 0) is 4.79 Å². The molecule has 3 rings (SSSR count). The minimum atomic E-state index is 0.0685. The van der Waals surface area contributed by atoms with E-state index in [4.69, 9.17) is 9.47 Å². The number of benzene rings is 1. The van der Waals surface area contributed by atoms with E-state index in [2.05, 4.69) is 0 Å². The summed E-state index contributed by atoms with van der Waals surface area (Å²) in [6.45, 7) is 0.833. The fraction of sp³-hybridized carbons (Fsp3) is 0.562. The van der Waals surface area contributed by atoms with Gasteiger partial charge in [0.05, 0.1) is 14.2 Å². The Balaban J connectivity index is 1.85. The molecule has 1 aliphatic carbocycles. The minimum Gasteiger partial charge on any atom is -0.497 e. The van der Waals surface area contributed by atoms with E-state index in [1.165, 1.54) is 6.42 Å². The van der Waals surface area contributed by atoms with Crippen LogP contribution in [-0.4, -0.2) is 37.3 Å². The Hall–Kier alpha value is -1.36. The number of carbonyl (C=O) groups is 1. The van der Waals surface area contributed by atoms with Crippen LogP contribution in [0.1, 0.15) is 30.2 Å². The topological polar surface area (TPSA) is 38.8 Å². The Kier molecular flexibility index (Phi) is 4.29. The molecule has 114 valence electrons. The van der Waals surface area contributed by atoms with Crippen LogP contribution in [0.4, 0.5) is 0 Å². The quantitative estimate of drug-likeness (QED) is 0.857. The molecule has 1 heterocycles. The van der Waals surface area contributed by atoms with Crippen molar-refractivity contribution in [1.82, 2.24) is 4.90 Å². The molecule has 1 saturated heterocycles. The van der Waals surface area contributed by atoms with Gasteiger partial charge in [-0.1, -0.05) is 6.42 Å². The summed E-state index contributed by atoms with van der Waals surface area (Å²) < 4.78 is 10.7. The summed E-state index contributed by atoms with van der Waals surface area (Å²) in [5.74, 6) is 3.11. The Bertz CT molecular complexity index is 530. The lowest BCUT2D eigenvalue weighted by Gasteiger charge is -2.32. The number of ether oxygens (including phenoxy) is 2. The van der Waals surface area contributed by atoms with Crippen LogP contribution in [0.25, 0.3) is 0 Å². The van der Waals surface area contributed by atoms with Crippen molar-refractivity contribution in [2.24, 2.45) is 5.92 Å². The van der Waals surface area contributed by atoms with Gasteiger partial charge in [-0.25, -0.2) is 0 Å². The third-order valence-electron chi connectivity index (χ3n) is 4.34. The zero-order valence-electron chi connectivity index (χ0n) is 12.5. The van der Waals surface area contributed by atoms with Crippen molar-refractivity contribution in [2.75, 3.05) is 26.5 Å². The number of rotatable bonds is 4. The molecule has 1 saturated carbocycles. The van der Waals surface area contributed by atoms with Crippen LogP contribution in [0, 0.1) is 5.92 Å². The normalized spacial score (nSPS) is 22.0. The maximum atomic E-state index is 12.6. The second-order valence-electron chi connectivity index (χ2n) is 5.49. The molecule has 0 aromatic heterocycles. The van der Waals surface area contributed by atoms with Gasteiger partial charge >= 0.3 is 0 Å². The third kappa shape index (κ3) is 2.71. The molecule has 0 N–H and O–H groups in total. The lowest BCUT2D eigenvalue weighted by molar-refractivity contribution is -0.138. The molecule has 1 aromatic carbocycles. The molecule has 1 amide bonds. The molecular weight excluding hydrogens is 286 g/mol. The van der Waals surface area contributed by atoms with Crippen LogP contribution in [0.3, 0.4) is 0 Å². The highest BCUT2D eigenvalue weighted by atomic mass is 32.2. The third-order valence-corrected chi connectivity index (χ3v) is 5.58. The van der Waals surface area contributed by atoms with Gasteiger partial charge in [-0.05, 0) is 25.0 Å².